The monoisotopic (exact) mass is 360 g/mol. The first-order chi connectivity index (χ1) is 12.0. The molecule has 0 heterocycles. The fourth-order valence-electron chi connectivity index (χ4n) is 3.22. The first-order valence-corrected chi connectivity index (χ1v) is 10.2. The molecule has 0 fully saturated rings. The van der Waals surface area contributed by atoms with E-state index in [9.17, 15) is 15.0 Å². The lowest BCUT2D eigenvalue weighted by Crippen LogP contribution is -2.29. The molecule has 0 aliphatic heterocycles. The lowest BCUT2D eigenvalue weighted by Gasteiger charge is -2.20. The van der Waals surface area contributed by atoms with Crippen LogP contribution in [0.1, 0.15) is 96.8 Å². The van der Waals surface area contributed by atoms with E-state index in [0.717, 1.165) is 12.8 Å². The van der Waals surface area contributed by atoms with Crippen molar-refractivity contribution in [3.63, 3.8) is 0 Å². The molecule has 0 aliphatic carbocycles. The van der Waals surface area contributed by atoms with Crippen molar-refractivity contribution in [1.82, 2.24) is 0 Å². The molecule has 0 radical (unpaired) electrons. The van der Waals surface area contributed by atoms with Crippen molar-refractivity contribution in [3.8, 4) is 0 Å². The summed E-state index contributed by atoms with van der Waals surface area (Å²) < 4.78 is 0. The number of aliphatic hydroxyl groups is 3. The molecule has 0 aliphatic rings. The average molecular weight is 361 g/mol. The van der Waals surface area contributed by atoms with Crippen molar-refractivity contribution < 1.29 is 25.2 Å². The standard InChI is InChI=1S/C20H40O5/c1-2-3-4-5-6-7-8-9-10-11-17(13-15-20(24)25)12-14-18(22)19(23)16-21/h17-19,21-23H,2-16H2,1H3,(H,24,25). The zero-order chi connectivity index (χ0) is 18.9. The van der Waals surface area contributed by atoms with Gasteiger partial charge in [-0.2, -0.15) is 0 Å². The molecule has 5 nitrogen and oxygen atoms in total. The highest BCUT2D eigenvalue weighted by atomic mass is 16.4. The molecule has 5 heteroatoms. The molecule has 25 heavy (non-hydrogen) atoms. The predicted molar refractivity (Wildman–Crippen MR) is 101 cm³/mol. The molecular formula is C20H40O5. The van der Waals surface area contributed by atoms with E-state index in [-0.39, 0.29) is 12.3 Å². The molecule has 0 spiro atoms. The minimum Gasteiger partial charge on any atom is -0.481 e. The van der Waals surface area contributed by atoms with Crippen LogP contribution in [0.5, 0.6) is 0 Å². The summed E-state index contributed by atoms with van der Waals surface area (Å²) in [6, 6.07) is 0. The van der Waals surface area contributed by atoms with E-state index in [1.54, 1.807) is 0 Å². The Bertz CT molecular complexity index is 308. The number of hydrogen-bond acceptors (Lipinski definition) is 4. The molecule has 0 bridgehead atoms. The first-order valence-electron chi connectivity index (χ1n) is 10.2. The Labute approximate surface area is 153 Å². The summed E-state index contributed by atoms with van der Waals surface area (Å²) >= 11 is 0. The van der Waals surface area contributed by atoms with Crippen LogP contribution < -0.4 is 0 Å². The van der Waals surface area contributed by atoms with Gasteiger partial charge in [0.1, 0.15) is 6.10 Å². The second-order valence-corrected chi connectivity index (χ2v) is 7.31. The number of carboxylic acids is 1. The fraction of sp³-hybridized carbons (Fsp3) is 0.950. The topological polar surface area (TPSA) is 98.0 Å². The minimum atomic E-state index is -1.10. The van der Waals surface area contributed by atoms with Gasteiger partial charge in [-0.1, -0.05) is 71.1 Å². The van der Waals surface area contributed by atoms with E-state index in [0.29, 0.717) is 19.3 Å². The summed E-state index contributed by atoms with van der Waals surface area (Å²) in [6.07, 6.45) is 12.2. The maximum Gasteiger partial charge on any atom is 0.303 e. The molecule has 3 atom stereocenters. The van der Waals surface area contributed by atoms with E-state index in [1.807, 2.05) is 0 Å². The minimum absolute atomic E-state index is 0.154. The van der Waals surface area contributed by atoms with E-state index in [1.165, 1.54) is 51.4 Å². The van der Waals surface area contributed by atoms with E-state index in [2.05, 4.69) is 6.92 Å². The van der Waals surface area contributed by atoms with Crippen molar-refractivity contribution >= 4 is 5.97 Å². The highest BCUT2D eigenvalue weighted by Crippen LogP contribution is 2.23. The first kappa shape index (κ1) is 24.4. The second kappa shape index (κ2) is 16.8. The van der Waals surface area contributed by atoms with Gasteiger partial charge in [-0.05, 0) is 25.2 Å². The van der Waals surface area contributed by atoms with Gasteiger partial charge >= 0.3 is 5.97 Å². The molecule has 0 aromatic carbocycles. The number of unbranched alkanes of at least 4 members (excludes halogenated alkanes) is 8. The molecule has 0 saturated carbocycles. The number of hydrogen-bond donors (Lipinski definition) is 4. The van der Waals surface area contributed by atoms with Crippen LogP contribution in [0.4, 0.5) is 0 Å². The van der Waals surface area contributed by atoms with Crippen LogP contribution in [0.25, 0.3) is 0 Å². The summed E-state index contributed by atoms with van der Waals surface area (Å²) in [5.74, 6) is -0.519. The molecule has 150 valence electrons. The quantitative estimate of drug-likeness (QED) is 0.278. The lowest BCUT2D eigenvalue weighted by atomic mass is 9.89. The molecule has 0 rings (SSSR count). The van der Waals surface area contributed by atoms with Gasteiger partial charge in [-0.15, -0.1) is 0 Å². The van der Waals surface area contributed by atoms with Crippen molar-refractivity contribution in [2.45, 2.75) is 109 Å². The van der Waals surface area contributed by atoms with Crippen LogP contribution in [0, 0.1) is 5.92 Å². The van der Waals surface area contributed by atoms with Crippen molar-refractivity contribution in [1.29, 1.82) is 0 Å². The molecule has 0 aromatic heterocycles. The Kier molecular flexibility index (Phi) is 16.4. The fourth-order valence-corrected chi connectivity index (χ4v) is 3.22. The second-order valence-electron chi connectivity index (χ2n) is 7.31. The van der Waals surface area contributed by atoms with Crippen LogP contribution >= 0.6 is 0 Å². The smallest absolute Gasteiger partial charge is 0.303 e. The largest absolute Gasteiger partial charge is 0.481 e. The Morgan fingerprint density at radius 2 is 1.32 bits per heavy atom. The third-order valence-electron chi connectivity index (χ3n) is 4.98. The van der Waals surface area contributed by atoms with Crippen LogP contribution in [-0.4, -0.2) is 45.2 Å². The number of aliphatic hydroxyl groups excluding tert-OH is 3. The maximum absolute atomic E-state index is 10.8. The number of rotatable bonds is 18. The summed E-state index contributed by atoms with van der Waals surface area (Å²) in [6.45, 7) is 1.78. The molecule has 4 N–H and O–H groups in total. The maximum atomic E-state index is 10.8. The Morgan fingerprint density at radius 1 is 0.760 bits per heavy atom. The predicted octanol–water partition coefficient (Wildman–Crippen LogP) is 3.88. The zero-order valence-corrected chi connectivity index (χ0v) is 16.0. The van der Waals surface area contributed by atoms with E-state index < -0.39 is 24.8 Å². The SMILES string of the molecule is CCCCCCCCCCCC(CCC(=O)O)CCC(O)C(O)CO. The number of aliphatic carboxylic acids is 1. The highest BCUT2D eigenvalue weighted by Gasteiger charge is 2.18. The van der Waals surface area contributed by atoms with Crippen molar-refractivity contribution in [2.24, 2.45) is 5.92 Å². The van der Waals surface area contributed by atoms with E-state index in [4.69, 9.17) is 10.2 Å². The third-order valence-corrected chi connectivity index (χ3v) is 4.98. The molecule has 0 amide bonds. The molecule has 0 aromatic rings. The van der Waals surface area contributed by atoms with Gasteiger partial charge in [0.25, 0.3) is 0 Å². The van der Waals surface area contributed by atoms with Crippen molar-refractivity contribution in [3.05, 3.63) is 0 Å². The van der Waals surface area contributed by atoms with Crippen LogP contribution in [0.2, 0.25) is 0 Å². The van der Waals surface area contributed by atoms with Crippen LogP contribution in [-0.2, 0) is 4.79 Å². The summed E-state index contributed by atoms with van der Waals surface area (Å²) in [7, 11) is 0. The molecule has 3 unspecified atom stereocenters. The molecular weight excluding hydrogens is 320 g/mol. The Balaban J connectivity index is 3.88. The normalized spacial score (nSPS) is 15.0. The Hall–Kier alpha value is -0.650. The van der Waals surface area contributed by atoms with E-state index >= 15 is 0 Å². The highest BCUT2D eigenvalue weighted by molar-refractivity contribution is 5.66. The summed E-state index contributed by atoms with van der Waals surface area (Å²) in [4.78, 5) is 10.8. The van der Waals surface area contributed by atoms with Crippen LogP contribution in [0.15, 0.2) is 0 Å². The third kappa shape index (κ3) is 15.3. The van der Waals surface area contributed by atoms with Gasteiger partial charge in [0.2, 0.25) is 0 Å². The van der Waals surface area contributed by atoms with Gasteiger partial charge in [-0.25, -0.2) is 0 Å². The van der Waals surface area contributed by atoms with Gasteiger partial charge in [0.15, 0.2) is 0 Å². The van der Waals surface area contributed by atoms with Crippen LogP contribution in [0.3, 0.4) is 0 Å². The van der Waals surface area contributed by atoms with Gasteiger partial charge < -0.3 is 20.4 Å². The summed E-state index contributed by atoms with van der Waals surface area (Å²) in [5.41, 5.74) is 0. The van der Waals surface area contributed by atoms with Gasteiger partial charge in [0, 0.05) is 6.42 Å². The van der Waals surface area contributed by atoms with Gasteiger partial charge in [-0.3, -0.25) is 4.79 Å². The zero-order valence-electron chi connectivity index (χ0n) is 16.0. The van der Waals surface area contributed by atoms with Gasteiger partial charge in [0.05, 0.1) is 12.7 Å². The molecule has 0 saturated heterocycles. The average Bonchev–Trinajstić information content (AvgIpc) is 2.60. The summed E-state index contributed by atoms with van der Waals surface area (Å²) in [5, 5.41) is 36.9. The lowest BCUT2D eigenvalue weighted by molar-refractivity contribution is -0.137. The number of carboxylic acid groups (broad SMARTS) is 1. The number of carbonyl (C=O) groups is 1. The van der Waals surface area contributed by atoms with Crippen molar-refractivity contribution in [2.75, 3.05) is 6.61 Å². The Morgan fingerprint density at radius 3 is 1.84 bits per heavy atom.